The molecule has 1 amide bonds. The van der Waals surface area contributed by atoms with Crippen LogP contribution in [0.25, 0.3) is 0 Å². The largest absolute Gasteiger partial charge is 0.497 e. The molecule has 0 unspecified atom stereocenters. The Bertz CT molecular complexity index is 1230. The van der Waals surface area contributed by atoms with Gasteiger partial charge in [0.15, 0.2) is 0 Å². The van der Waals surface area contributed by atoms with Gasteiger partial charge in [-0.1, -0.05) is 23.4 Å². The number of rotatable bonds is 8. The van der Waals surface area contributed by atoms with Crippen molar-refractivity contribution in [2.75, 3.05) is 17.7 Å². The van der Waals surface area contributed by atoms with Crippen molar-refractivity contribution < 1.29 is 18.8 Å². The van der Waals surface area contributed by atoms with Crippen molar-refractivity contribution in [3.05, 3.63) is 95.4 Å². The predicted octanol–water partition coefficient (Wildman–Crippen LogP) is 5.87. The van der Waals surface area contributed by atoms with Gasteiger partial charge >= 0.3 is 0 Å². The Balaban J connectivity index is 1.45. The fourth-order valence-electron chi connectivity index (χ4n) is 3.32. The number of aryl methyl sites for hydroxylation is 2. The topological polar surface area (TPSA) is 85.6 Å². The SMILES string of the molecule is COc1ccc(Nc2ccccc2NC(=O)c2cccc(OCc3c(C)noc3C)c2)cc1. The van der Waals surface area contributed by atoms with E-state index in [1.54, 1.807) is 25.3 Å². The number of carbonyl (C=O) groups is 1. The molecule has 33 heavy (non-hydrogen) atoms. The van der Waals surface area contributed by atoms with Crippen LogP contribution in [-0.2, 0) is 6.61 Å². The molecule has 4 aromatic rings. The minimum atomic E-state index is -0.234. The van der Waals surface area contributed by atoms with Crippen LogP contribution in [0.3, 0.4) is 0 Å². The van der Waals surface area contributed by atoms with Gasteiger partial charge in [-0.2, -0.15) is 0 Å². The number of methoxy groups -OCH3 is 1. The van der Waals surface area contributed by atoms with Crippen LogP contribution in [0.5, 0.6) is 11.5 Å². The summed E-state index contributed by atoms with van der Waals surface area (Å²) < 4.78 is 16.2. The minimum absolute atomic E-state index is 0.234. The zero-order valence-corrected chi connectivity index (χ0v) is 18.7. The van der Waals surface area contributed by atoms with Crippen molar-refractivity contribution in [2.45, 2.75) is 20.5 Å². The first-order valence-electron chi connectivity index (χ1n) is 10.5. The molecular formula is C26H25N3O4. The number of hydrogen-bond donors (Lipinski definition) is 2. The van der Waals surface area contributed by atoms with Crippen molar-refractivity contribution in [3.8, 4) is 11.5 Å². The van der Waals surface area contributed by atoms with Gasteiger partial charge in [-0.3, -0.25) is 4.79 Å². The molecule has 1 heterocycles. The molecule has 7 heteroatoms. The summed E-state index contributed by atoms with van der Waals surface area (Å²) in [6.45, 7) is 4.04. The normalized spacial score (nSPS) is 10.5. The summed E-state index contributed by atoms with van der Waals surface area (Å²) in [4.78, 5) is 13.0. The van der Waals surface area contributed by atoms with Gasteiger partial charge in [0, 0.05) is 11.3 Å². The summed E-state index contributed by atoms with van der Waals surface area (Å²) in [5.41, 5.74) is 4.52. The first kappa shape index (κ1) is 22.0. The minimum Gasteiger partial charge on any atom is -0.497 e. The zero-order chi connectivity index (χ0) is 23.2. The van der Waals surface area contributed by atoms with Crippen molar-refractivity contribution in [1.29, 1.82) is 0 Å². The highest BCUT2D eigenvalue weighted by atomic mass is 16.5. The monoisotopic (exact) mass is 443 g/mol. The number of amides is 1. The average Bonchev–Trinajstić information content (AvgIpc) is 3.16. The fourth-order valence-corrected chi connectivity index (χ4v) is 3.32. The van der Waals surface area contributed by atoms with E-state index in [4.69, 9.17) is 14.0 Å². The Kier molecular flexibility index (Phi) is 6.59. The molecule has 4 rings (SSSR count). The highest BCUT2D eigenvalue weighted by molar-refractivity contribution is 6.06. The summed E-state index contributed by atoms with van der Waals surface area (Å²) >= 11 is 0. The maximum atomic E-state index is 13.0. The Morgan fingerprint density at radius 3 is 2.39 bits per heavy atom. The maximum Gasteiger partial charge on any atom is 0.255 e. The smallest absolute Gasteiger partial charge is 0.255 e. The van der Waals surface area contributed by atoms with E-state index < -0.39 is 0 Å². The van der Waals surface area contributed by atoms with E-state index in [-0.39, 0.29) is 5.91 Å². The molecule has 0 bridgehead atoms. The molecule has 0 fully saturated rings. The molecule has 0 saturated carbocycles. The lowest BCUT2D eigenvalue weighted by Crippen LogP contribution is -2.13. The highest BCUT2D eigenvalue weighted by Crippen LogP contribution is 2.27. The molecule has 7 nitrogen and oxygen atoms in total. The Labute approximate surface area is 192 Å². The second-order valence-corrected chi connectivity index (χ2v) is 7.47. The summed E-state index contributed by atoms with van der Waals surface area (Å²) in [6.07, 6.45) is 0. The summed E-state index contributed by atoms with van der Waals surface area (Å²) in [6, 6.07) is 22.2. The molecule has 1 aromatic heterocycles. The van der Waals surface area contributed by atoms with Crippen molar-refractivity contribution in [3.63, 3.8) is 0 Å². The maximum absolute atomic E-state index is 13.0. The van der Waals surface area contributed by atoms with Crippen LogP contribution in [0, 0.1) is 13.8 Å². The van der Waals surface area contributed by atoms with Crippen LogP contribution in [0.2, 0.25) is 0 Å². The molecule has 0 aliphatic heterocycles. The van der Waals surface area contributed by atoms with Gasteiger partial charge in [-0.15, -0.1) is 0 Å². The Morgan fingerprint density at radius 1 is 0.939 bits per heavy atom. The lowest BCUT2D eigenvalue weighted by molar-refractivity contribution is 0.102. The van der Waals surface area contributed by atoms with Gasteiger partial charge in [0.2, 0.25) is 0 Å². The number of carbonyl (C=O) groups excluding carboxylic acids is 1. The number of nitrogens with zero attached hydrogens (tertiary/aromatic N) is 1. The quantitative estimate of drug-likeness (QED) is 0.354. The van der Waals surface area contributed by atoms with Gasteiger partial charge < -0.3 is 24.6 Å². The number of ether oxygens (including phenoxy) is 2. The number of benzene rings is 3. The first-order valence-corrected chi connectivity index (χ1v) is 10.5. The van der Waals surface area contributed by atoms with Crippen LogP contribution in [0.1, 0.15) is 27.4 Å². The molecule has 0 spiro atoms. The third-order valence-electron chi connectivity index (χ3n) is 5.20. The average molecular weight is 444 g/mol. The molecule has 0 atom stereocenters. The Morgan fingerprint density at radius 2 is 1.70 bits per heavy atom. The molecule has 168 valence electrons. The summed E-state index contributed by atoms with van der Waals surface area (Å²) in [7, 11) is 1.63. The summed E-state index contributed by atoms with van der Waals surface area (Å²) in [5.74, 6) is 1.86. The number of anilines is 3. The second-order valence-electron chi connectivity index (χ2n) is 7.47. The van der Waals surface area contributed by atoms with Gasteiger partial charge in [-0.05, 0) is 68.4 Å². The standard InChI is InChI=1S/C26H25N3O4/c1-17-23(18(2)33-29-17)16-32-22-8-6-7-19(15-22)26(30)28-25-10-5-4-9-24(25)27-20-11-13-21(31-3)14-12-20/h4-15,27H,16H2,1-3H3,(H,28,30). The fraction of sp³-hybridized carbons (Fsp3) is 0.154. The van der Waals surface area contributed by atoms with E-state index >= 15 is 0 Å². The number of aromatic nitrogens is 1. The number of para-hydroxylation sites is 2. The number of hydrogen-bond acceptors (Lipinski definition) is 6. The van der Waals surface area contributed by atoms with E-state index in [0.29, 0.717) is 23.6 Å². The zero-order valence-electron chi connectivity index (χ0n) is 18.7. The Hall–Kier alpha value is -4.26. The van der Waals surface area contributed by atoms with E-state index in [2.05, 4.69) is 15.8 Å². The molecule has 0 aliphatic rings. The van der Waals surface area contributed by atoms with E-state index in [0.717, 1.165) is 34.1 Å². The van der Waals surface area contributed by atoms with Crippen molar-refractivity contribution >= 4 is 23.0 Å². The van der Waals surface area contributed by atoms with Crippen LogP contribution < -0.4 is 20.1 Å². The van der Waals surface area contributed by atoms with Gasteiger partial charge in [0.05, 0.1) is 29.7 Å². The molecule has 0 saturated heterocycles. The van der Waals surface area contributed by atoms with E-state index in [9.17, 15) is 4.79 Å². The second kappa shape index (κ2) is 9.91. The van der Waals surface area contributed by atoms with E-state index in [1.165, 1.54) is 0 Å². The van der Waals surface area contributed by atoms with Crippen molar-refractivity contribution in [2.24, 2.45) is 0 Å². The van der Waals surface area contributed by atoms with Crippen molar-refractivity contribution in [1.82, 2.24) is 5.16 Å². The van der Waals surface area contributed by atoms with Gasteiger partial charge in [0.1, 0.15) is 23.9 Å². The molecule has 2 N–H and O–H groups in total. The lowest BCUT2D eigenvalue weighted by Gasteiger charge is -2.14. The van der Waals surface area contributed by atoms with E-state index in [1.807, 2.05) is 68.4 Å². The lowest BCUT2D eigenvalue weighted by atomic mass is 10.1. The third kappa shape index (κ3) is 5.33. The van der Waals surface area contributed by atoms with Crippen LogP contribution >= 0.6 is 0 Å². The van der Waals surface area contributed by atoms with Gasteiger partial charge in [0.25, 0.3) is 5.91 Å². The first-order chi connectivity index (χ1) is 16.0. The molecule has 3 aromatic carbocycles. The summed E-state index contributed by atoms with van der Waals surface area (Å²) in [5, 5.41) is 10.2. The third-order valence-corrected chi connectivity index (χ3v) is 5.20. The predicted molar refractivity (Wildman–Crippen MR) is 127 cm³/mol. The highest BCUT2D eigenvalue weighted by Gasteiger charge is 2.12. The van der Waals surface area contributed by atoms with Crippen LogP contribution in [0.15, 0.2) is 77.3 Å². The van der Waals surface area contributed by atoms with Crippen LogP contribution in [-0.4, -0.2) is 18.2 Å². The number of nitrogens with one attached hydrogen (secondary N) is 2. The molecule has 0 radical (unpaired) electrons. The molecular weight excluding hydrogens is 418 g/mol. The van der Waals surface area contributed by atoms with Crippen LogP contribution in [0.4, 0.5) is 17.1 Å². The van der Waals surface area contributed by atoms with Gasteiger partial charge in [-0.25, -0.2) is 0 Å². The molecule has 0 aliphatic carbocycles.